The Kier molecular flexibility index (Phi) is 4.42. The van der Waals surface area contributed by atoms with Crippen molar-refractivity contribution < 1.29 is 18.7 Å². The fourth-order valence-corrected chi connectivity index (χ4v) is 1.99. The number of alkyl halides is 2. The van der Waals surface area contributed by atoms with E-state index in [4.69, 9.17) is 11.6 Å². The van der Waals surface area contributed by atoms with Crippen molar-refractivity contribution in [1.82, 2.24) is 14.5 Å². The molecule has 1 amide bonds. The first kappa shape index (κ1) is 15.2. The largest absolute Gasteiger partial charge is 0.507 e. The number of phenols is 1. The predicted molar refractivity (Wildman–Crippen MR) is 72.4 cm³/mol. The molecule has 0 spiro atoms. The second-order valence-electron chi connectivity index (χ2n) is 4.35. The fraction of sp³-hybridized carbons (Fsp3) is 0.231. The van der Waals surface area contributed by atoms with E-state index in [1.54, 1.807) is 0 Å². The summed E-state index contributed by atoms with van der Waals surface area (Å²) in [6.45, 7) is -2.85. The lowest BCUT2D eigenvalue weighted by Crippen LogP contribution is -2.28. The van der Waals surface area contributed by atoms with Crippen LogP contribution in [0.3, 0.4) is 0 Å². The van der Waals surface area contributed by atoms with Crippen LogP contribution in [0.15, 0.2) is 30.6 Å². The van der Waals surface area contributed by atoms with Crippen LogP contribution in [0.5, 0.6) is 5.75 Å². The van der Waals surface area contributed by atoms with E-state index in [-0.39, 0.29) is 23.7 Å². The van der Waals surface area contributed by atoms with Gasteiger partial charge in [0.2, 0.25) is 0 Å². The first-order valence-corrected chi connectivity index (χ1v) is 6.31. The van der Waals surface area contributed by atoms with E-state index in [1.165, 1.54) is 36.3 Å². The first-order valence-electron chi connectivity index (χ1n) is 5.94. The van der Waals surface area contributed by atoms with E-state index in [2.05, 4.69) is 4.98 Å². The maximum absolute atomic E-state index is 12.7. The van der Waals surface area contributed by atoms with Crippen molar-refractivity contribution in [3.05, 3.63) is 47.0 Å². The molecule has 0 aliphatic rings. The van der Waals surface area contributed by atoms with Crippen molar-refractivity contribution in [2.75, 3.05) is 7.05 Å². The number of imidazole rings is 1. The lowest BCUT2D eigenvalue weighted by Gasteiger charge is -2.18. The molecule has 0 bridgehead atoms. The second-order valence-corrected chi connectivity index (χ2v) is 4.79. The van der Waals surface area contributed by atoms with Gasteiger partial charge in [0.05, 0.1) is 12.1 Å². The zero-order chi connectivity index (χ0) is 15.6. The number of benzene rings is 1. The van der Waals surface area contributed by atoms with E-state index < -0.39 is 12.5 Å². The molecule has 1 heterocycles. The summed E-state index contributed by atoms with van der Waals surface area (Å²) in [6.07, 6.45) is 2.37. The number of halogens is 3. The van der Waals surface area contributed by atoms with Gasteiger partial charge in [-0.3, -0.25) is 9.36 Å². The molecule has 1 N–H and O–H groups in total. The molecule has 112 valence electrons. The Bertz CT molecular complexity index is 661. The third kappa shape index (κ3) is 3.30. The molecule has 2 aromatic rings. The van der Waals surface area contributed by atoms with Gasteiger partial charge in [-0.05, 0) is 18.2 Å². The number of carbonyl (C=O) groups excluding carboxylic acids is 1. The summed E-state index contributed by atoms with van der Waals surface area (Å²) in [4.78, 5) is 17.2. The second kappa shape index (κ2) is 6.09. The number of rotatable bonds is 4. The summed E-state index contributed by atoms with van der Waals surface area (Å²) >= 11 is 5.78. The van der Waals surface area contributed by atoms with Crippen LogP contribution in [0.4, 0.5) is 8.78 Å². The number of hydrogen-bond donors (Lipinski definition) is 1. The maximum Gasteiger partial charge on any atom is 0.319 e. The Morgan fingerprint density at radius 2 is 2.24 bits per heavy atom. The average molecular weight is 316 g/mol. The number of carbonyl (C=O) groups is 1. The van der Waals surface area contributed by atoms with Crippen molar-refractivity contribution >= 4 is 17.5 Å². The molecule has 0 aliphatic heterocycles. The number of aromatic nitrogens is 2. The van der Waals surface area contributed by atoms with Gasteiger partial charge in [0, 0.05) is 24.5 Å². The fourth-order valence-electron chi connectivity index (χ4n) is 1.81. The van der Waals surface area contributed by atoms with E-state index in [1.807, 2.05) is 0 Å². The molecular weight excluding hydrogens is 304 g/mol. The van der Waals surface area contributed by atoms with Crippen LogP contribution in [0.2, 0.25) is 5.02 Å². The molecule has 0 radical (unpaired) electrons. The van der Waals surface area contributed by atoms with Gasteiger partial charge in [0.1, 0.15) is 11.6 Å². The summed E-state index contributed by atoms with van der Waals surface area (Å²) in [5.74, 6) is -0.727. The molecule has 1 aromatic carbocycles. The summed E-state index contributed by atoms with van der Waals surface area (Å²) in [5.41, 5.74) is 0.000142. The molecule has 2 rings (SSSR count). The first-order chi connectivity index (χ1) is 9.90. The predicted octanol–water partition coefficient (Wildman–Crippen LogP) is 2.91. The number of hydrogen-bond acceptors (Lipinski definition) is 3. The monoisotopic (exact) mass is 315 g/mol. The number of phenolic OH excluding ortho intramolecular Hbond substituents is 1. The molecule has 5 nitrogen and oxygen atoms in total. The van der Waals surface area contributed by atoms with Gasteiger partial charge in [0.15, 0.2) is 0 Å². The van der Waals surface area contributed by atoms with E-state index >= 15 is 0 Å². The standard InChI is InChI=1S/C13H12ClF2N3O2/c1-18(7-11-17-4-5-19(11)13(15)16)12(21)9-6-8(14)2-3-10(9)20/h2-6,13,20H,7H2,1H3. The minimum atomic E-state index is -2.73. The van der Waals surface area contributed by atoms with Crippen LogP contribution < -0.4 is 0 Å². The van der Waals surface area contributed by atoms with Gasteiger partial charge in [0.25, 0.3) is 5.91 Å². The van der Waals surface area contributed by atoms with Crippen LogP contribution in [0.1, 0.15) is 22.7 Å². The number of aromatic hydroxyl groups is 1. The van der Waals surface area contributed by atoms with Crippen LogP contribution in [-0.2, 0) is 6.54 Å². The number of amides is 1. The highest BCUT2D eigenvalue weighted by Gasteiger charge is 2.19. The van der Waals surface area contributed by atoms with E-state index in [0.717, 1.165) is 6.20 Å². The Morgan fingerprint density at radius 1 is 1.52 bits per heavy atom. The van der Waals surface area contributed by atoms with Crippen molar-refractivity contribution in [3.8, 4) is 5.75 Å². The van der Waals surface area contributed by atoms with Gasteiger partial charge >= 0.3 is 6.55 Å². The molecule has 21 heavy (non-hydrogen) atoms. The topological polar surface area (TPSA) is 58.4 Å². The normalized spacial score (nSPS) is 10.9. The zero-order valence-electron chi connectivity index (χ0n) is 11.0. The van der Waals surface area contributed by atoms with E-state index in [0.29, 0.717) is 9.59 Å². The Hall–Kier alpha value is -2.15. The smallest absolute Gasteiger partial charge is 0.319 e. The van der Waals surface area contributed by atoms with Gasteiger partial charge in [-0.15, -0.1) is 0 Å². The summed E-state index contributed by atoms with van der Waals surface area (Å²) < 4.78 is 26.1. The van der Waals surface area contributed by atoms with Crippen LogP contribution in [0.25, 0.3) is 0 Å². The Labute approximate surface area is 124 Å². The highest BCUT2D eigenvalue weighted by molar-refractivity contribution is 6.31. The van der Waals surface area contributed by atoms with Crippen molar-refractivity contribution in [2.45, 2.75) is 13.1 Å². The van der Waals surface area contributed by atoms with Crippen LogP contribution >= 0.6 is 11.6 Å². The summed E-state index contributed by atoms with van der Waals surface area (Å²) in [5, 5.41) is 9.97. The maximum atomic E-state index is 12.7. The van der Waals surface area contributed by atoms with Crippen LogP contribution in [-0.4, -0.2) is 32.5 Å². The molecule has 0 saturated heterocycles. The summed E-state index contributed by atoms with van der Waals surface area (Å²) in [6, 6.07) is 4.05. The molecule has 1 aromatic heterocycles. The molecular formula is C13H12ClF2N3O2. The average Bonchev–Trinajstić information content (AvgIpc) is 2.89. The van der Waals surface area contributed by atoms with Crippen molar-refractivity contribution in [3.63, 3.8) is 0 Å². The number of nitrogens with zero attached hydrogens (tertiary/aromatic N) is 3. The minimum Gasteiger partial charge on any atom is -0.507 e. The Balaban J connectivity index is 2.20. The van der Waals surface area contributed by atoms with Gasteiger partial charge in [-0.25, -0.2) is 4.98 Å². The van der Waals surface area contributed by atoms with Gasteiger partial charge < -0.3 is 10.0 Å². The van der Waals surface area contributed by atoms with E-state index in [9.17, 15) is 18.7 Å². The highest BCUT2D eigenvalue weighted by Crippen LogP contribution is 2.23. The minimum absolute atomic E-state index is 0.000142. The SMILES string of the molecule is CN(Cc1nccn1C(F)F)C(=O)c1cc(Cl)ccc1O. The lowest BCUT2D eigenvalue weighted by atomic mass is 10.2. The van der Waals surface area contributed by atoms with Crippen molar-refractivity contribution in [2.24, 2.45) is 0 Å². The molecule has 8 heteroatoms. The third-order valence-corrected chi connectivity index (χ3v) is 3.11. The van der Waals surface area contributed by atoms with Crippen LogP contribution in [0, 0.1) is 0 Å². The molecule has 0 fully saturated rings. The molecule has 0 unspecified atom stereocenters. The third-order valence-electron chi connectivity index (χ3n) is 2.87. The zero-order valence-corrected chi connectivity index (χ0v) is 11.8. The van der Waals surface area contributed by atoms with Gasteiger partial charge in [-0.1, -0.05) is 11.6 Å². The molecule has 0 saturated carbocycles. The quantitative estimate of drug-likeness (QED) is 0.943. The Morgan fingerprint density at radius 3 is 2.90 bits per heavy atom. The highest BCUT2D eigenvalue weighted by atomic mass is 35.5. The lowest BCUT2D eigenvalue weighted by molar-refractivity contribution is 0.0611. The van der Waals surface area contributed by atoms with Crippen molar-refractivity contribution in [1.29, 1.82) is 0 Å². The van der Waals surface area contributed by atoms with Gasteiger partial charge in [-0.2, -0.15) is 8.78 Å². The molecule has 0 aliphatic carbocycles. The summed E-state index contributed by atoms with van der Waals surface area (Å²) in [7, 11) is 1.42. The molecule has 0 atom stereocenters.